The molecule has 1 aromatic heterocycles. The Hall–Kier alpha value is -0.870. The van der Waals surface area contributed by atoms with Crippen molar-refractivity contribution in [3.8, 4) is 0 Å². The number of amides is 1. The van der Waals surface area contributed by atoms with Gasteiger partial charge in [0, 0.05) is 19.0 Å². The number of hydrogen-bond donors (Lipinski definition) is 2. The van der Waals surface area contributed by atoms with Crippen LogP contribution in [0.4, 0.5) is 0 Å². The summed E-state index contributed by atoms with van der Waals surface area (Å²) in [6.45, 7) is 6.38. The molecule has 1 heterocycles. The zero-order valence-electron chi connectivity index (χ0n) is 9.95. The fourth-order valence-electron chi connectivity index (χ4n) is 1.39. The highest BCUT2D eigenvalue weighted by Gasteiger charge is 2.10. The molecule has 1 amide bonds. The van der Waals surface area contributed by atoms with Gasteiger partial charge >= 0.3 is 0 Å². The van der Waals surface area contributed by atoms with Crippen LogP contribution in [0, 0.1) is 5.92 Å². The molecule has 0 aromatic carbocycles. The average Bonchev–Trinajstić information content (AvgIpc) is 2.78. The molecule has 0 aliphatic carbocycles. The van der Waals surface area contributed by atoms with Gasteiger partial charge in [-0.1, -0.05) is 13.8 Å². The lowest BCUT2D eigenvalue weighted by Crippen LogP contribution is -2.36. The molecule has 1 rings (SSSR count). The van der Waals surface area contributed by atoms with Crippen molar-refractivity contribution in [1.29, 1.82) is 0 Å². The molecule has 1 aromatic rings. The largest absolute Gasteiger partial charge is 0.355 e. The minimum atomic E-state index is 0.0439. The van der Waals surface area contributed by atoms with E-state index in [1.807, 2.05) is 13.8 Å². The number of carbonyl (C=O) groups is 1. The predicted octanol–water partition coefficient (Wildman–Crippen LogP) is 1.65. The lowest BCUT2D eigenvalue weighted by atomic mass is 10.1. The third-order valence-electron chi connectivity index (χ3n) is 2.44. The minimum absolute atomic E-state index is 0.0439. The Morgan fingerprint density at radius 3 is 3.00 bits per heavy atom. The first-order chi connectivity index (χ1) is 7.74. The van der Waals surface area contributed by atoms with Crippen molar-refractivity contribution < 1.29 is 4.79 Å². The first-order valence-corrected chi connectivity index (χ1v) is 6.67. The van der Waals surface area contributed by atoms with Crippen LogP contribution in [0.25, 0.3) is 0 Å². The van der Waals surface area contributed by atoms with Gasteiger partial charge in [0.05, 0.1) is 0 Å². The summed E-state index contributed by atoms with van der Waals surface area (Å²) >= 11 is 1.69. The molecule has 1 atom stereocenters. The summed E-state index contributed by atoms with van der Waals surface area (Å²) < 4.78 is 0. The van der Waals surface area contributed by atoms with Gasteiger partial charge in [0.15, 0.2) is 0 Å². The van der Waals surface area contributed by atoms with Crippen LogP contribution in [-0.4, -0.2) is 25.5 Å². The van der Waals surface area contributed by atoms with Crippen molar-refractivity contribution in [3.05, 3.63) is 22.4 Å². The van der Waals surface area contributed by atoms with Crippen molar-refractivity contribution in [3.63, 3.8) is 0 Å². The predicted molar refractivity (Wildman–Crippen MR) is 68.7 cm³/mol. The Bertz CT molecular complexity index is 298. The molecule has 1 unspecified atom stereocenters. The second kappa shape index (κ2) is 7.41. The van der Waals surface area contributed by atoms with Gasteiger partial charge in [-0.15, -0.1) is 0 Å². The van der Waals surface area contributed by atoms with Crippen molar-refractivity contribution in [1.82, 2.24) is 10.6 Å². The molecule has 0 spiro atoms. The lowest BCUT2D eigenvalue weighted by molar-refractivity contribution is -0.124. The van der Waals surface area contributed by atoms with Crippen molar-refractivity contribution >= 4 is 17.2 Å². The summed E-state index contributed by atoms with van der Waals surface area (Å²) in [5.74, 6) is 0.179. The SMILES string of the molecule is CCNCC(C)C(=O)NCCc1ccsc1. The van der Waals surface area contributed by atoms with E-state index in [0.29, 0.717) is 0 Å². The Balaban J connectivity index is 2.14. The number of nitrogens with one attached hydrogen (secondary N) is 2. The molecule has 0 radical (unpaired) electrons. The summed E-state index contributed by atoms with van der Waals surface area (Å²) in [7, 11) is 0. The van der Waals surface area contributed by atoms with Gasteiger partial charge in [-0.3, -0.25) is 4.79 Å². The summed E-state index contributed by atoms with van der Waals surface area (Å²) in [5.41, 5.74) is 1.30. The van der Waals surface area contributed by atoms with Gasteiger partial charge in [0.25, 0.3) is 0 Å². The van der Waals surface area contributed by atoms with Gasteiger partial charge in [0.1, 0.15) is 0 Å². The van der Waals surface area contributed by atoms with E-state index in [9.17, 15) is 4.79 Å². The van der Waals surface area contributed by atoms with Crippen LogP contribution in [0.15, 0.2) is 16.8 Å². The number of carbonyl (C=O) groups excluding carboxylic acids is 1. The number of rotatable bonds is 7. The third kappa shape index (κ3) is 4.77. The van der Waals surface area contributed by atoms with Gasteiger partial charge in [0.2, 0.25) is 5.91 Å². The van der Waals surface area contributed by atoms with Gasteiger partial charge in [-0.05, 0) is 35.4 Å². The van der Waals surface area contributed by atoms with Gasteiger partial charge in [-0.2, -0.15) is 11.3 Å². The second-order valence-electron chi connectivity index (χ2n) is 3.88. The Labute approximate surface area is 101 Å². The molecule has 90 valence electrons. The molecular weight excluding hydrogens is 220 g/mol. The monoisotopic (exact) mass is 240 g/mol. The van der Waals surface area contributed by atoms with Crippen molar-refractivity contribution in [2.75, 3.05) is 19.6 Å². The van der Waals surface area contributed by atoms with Crippen LogP contribution in [0.5, 0.6) is 0 Å². The highest BCUT2D eigenvalue weighted by Crippen LogP contribution is 2.05. The first kappa shape index (κ1) is 13.2. The molecule has 0 fully saturated rings. The minimum Gasteiger partial charge on any atom is -0.355 e. The maximum absolute atomic E-state index is 11.6. The zero-order valence-corrected chi connectivity index (χ0v) is 10.8. The molecule has 16 heavy (non-hydrogen) atoms. The summed E-state index contributed by atoms with van der Waals surface area (Å²) in [6.07, 6.45) is 0.920. The molecule has 3 nitrogen and oxygen atoms in total. The topological polar surface area (TPSA) is 41.1 Å². The maximum atomic E-state index is 11.6. The molecule has 0 aliphatic rings. The van der Waals surface area contributed by atoms with E-state index < -0.39 is 0 Å². The normalized spacial score (nSPS) is 12.4. The van der Waals surface area contributed by atoms with Crippen molar-refractivity contribution in [2.45, 2.75) is 20.3 Å². The smallest absolute Gasteiger partial charge is 0.224 e. The van der Waals surface area contributed by atoms with E-state index in [1.54, 1.807) is 11.3 Å². The summed E-state index contributed by atoms with van der Waals surface area (Å²) in [6, 6.07) is 2.10. The molecule has 0 saturated carbocycles. The lowest BCUT2D eigenvalue weighted by Gasteiger charge is -2.11. The standard InChI is InChI=1S/C12H20N2OS/c1-3-13-8-10(2)12(15)14-6-4-11-5-7-16-9-11/h5,7,9-10,13H,3-4,6,8H2,1-2H3,(H,14,15). The molecule has 4 heteroatoms. The molecule has 0 bridgehead atoms. The number of thiophene rings is 1. The fourth-order valence-corrected chi connectivity index (χ4v) is 2.10. The molecule has 0 aliphatic heterocycles. The van der Waals surface area contributed by atoms with Gasteiger partial charge in [-0.25, -0.2) is 0 Å². The van der Waals surface area contributed by atoms with Crippen LogP contribution in [0.3, 0.4) is 0 Å². The summed E-state index contributed by atoms with van der Waals surface area (Å²) in [4.78, 5) is 11.6. The third-order valence-corrected chi connectivity index (χ3v) is 3.17. The van der Waals surface area contributed by atoms with E-state index in [2.05, 4.69) is 27.5 Å². The quantitative estimate of drug-likeness (QED) is 0.761. The highest BCUT2D eigenvalue weighted by molar-refractivity contribution is 7.07. The Kier molecular flexibility index (Phi) is 6.11. The Morgan fingerprint density at radius 1 is 1.56 bits per heavy atom. The van der Waals surface area contributed by atoms with Crippen LogP contribution >= 0.6 is 11.3 Å². The number of hydrogen-bond acceptors (Lipinski definition) is 3. The van der Waals surface area contributed by atoms with Crippen molar-refractivity contribution in [2.24, 2.45) is 5.92 Å². The second-order valence-corrected chi connectivity index (χ2v) is 4.66. The van der Waals surface area contributed by atoms with E-state index in [4.69, 9.17) is 0 Å². The van der Waals surface area contributed by atoms with Crippen LogP contribution < -0.4 is 10.6 Å². The van der Waals surface area contributed by atoms with E-state index >= 15 is 0 Å². The maximum Gasteiger partial charge on any atom is 0.224 e. The van der Waals surface area contributed by atoms with E-state index in [0.717, 1.165) is 26.1 Å². The van der Waals surface area contributed by atoms with E-state index in [1.165, 1.54) is 5.56 Å². The molecular formula is C12H20N2OS. The highest BCUT2D eigenvalue weighted by atomic mass is 32.1. The van der Waals surface area contributed by atoms with E-state index in [-0.39, 0.29) is 11.8 Å². The molecule has 2 N–H and O–H groups in total. The van der Waals surface area contributed by atoms with Crippen LogP contribution in [-0.2, 0) is 11.2 Å². The Morgan fingerprint density at radius 2 is 2.38 bits per heavy atom. The fraction of sp³-hybridized carbons (Fsp3) is 0.583. The molecule has 0 saturated heterocycles. The van der Waals surface area contributed by atoms with Gasteiger partial charge < -0.3 is 10.6 Å². The first-order valence-electron chi connectivity index (χ1n) is 5.73. The van der Waals surface area contributed by atoms with Crippen LogP contribution in [0.1, 0.15) is 19.4 Å². The van der Waals surface area contributed by atoms with Crippen LogP contribution in [0.2, 0.25) is 0 Å². The average molecular weight is 240 g/mol. The summed E-state index contributed by atoms with van der Waals surface area (Å²) in [5, 5.41) is 10.3. The zero-order chi connectivity index (χ0) is 11.8.